The van der Waals surface area contributed by atoms with E-state index in [2.05, 4.69) is 5.32 Å². The molecule has 0 spiro atoms. The van der Waals surface area contributed by atoms with Crippen molar-refractivity contribution >= 4 is 40.5 Å². The van der Waals surface area contributed by atoms with Crippen molar-refractivity contribution in [1.29, 1.82) is 0 Å². The summed E-state index contributed by atoms with van der Waals surface area (Å²) in [5.74, 6) is -0.480. The van der Waals surface area contributed by atoms with E-state index < -0.39 is 10.8 Å². The summed E-state index contributed by atoms with van der Waals surface area (Å²) in [7, 11) is 0. The molecule has 0 aliphatic heterocycles. The number of anilines is 1. The molecule has 108 valence electrons. The van der Waals surface area contributed by atoms with E-state index in [0.717, 1.165) is 11.6 Å². The van der Waals surface area contributed by atoms with Crippen LogP contribution in [0, 0.1) is 17.0 Å². The van der Waals surface area contributed by atoms with Crippen LogP contribution in [-0.4, -0.2) is 10.8 Å². The highest BCUT2D eigenvalue weighted by Crippen LogP contribution is 2.28. The maximum Gasteiger partial charge on any atom is 0.270 e. The first-order chi connectivity index (χ1) is 9.90. The fourth-order valence-corrected chi connectivity index (χ4v) is 2.30. The maximum absolute atomic E-state index is 12.2. The molecule has 0 saturated heterocycles. The molecule has 0 aromatic heterocycles. The largest absolute Gasteiger partial charge is 0.320 e. The quantitative estimate of drug-likeness (QED) is 0.669. The molecule has 0 unspecified atom stereocenters. The van der Waals surface area contributed by atoms with E-state index in [0.29, 0.717) is 10.7 Å². The van der Waals surface area contributed by atoms with Gasteiger partial charge in [0, 0.05) is 12.1 Å². The lowest BCUT2D eigenvalue weighted by Crippen LogP contribution is -2.13. The highest BCUT2D eigenvalue weighted by Gasteiger charge is 2.16. The fraction of sp³-hybridized carbons (Fsp3) is 0.0714. The van der Waals surface area contributed by atoms with Gasteiger partial charge in [-0.05, 0) is 24.6 Å². The van der Waals surface area contributed by atoms with E-state index in [1.807, 2.05) is 0 Å². The van der Waals surface area contributed by atoms with Crippen LogP contribution >= 0.6 is 23.2 Å². The third kappa shape index (κ3) is 3.32. The van der Waals surface area contributed by atoms with Gasteiger partial charge in [0.2, 0.25) is 0 Å². The molecule has 0 atom stereocenters. The van der Waals surface area contributed by atoms with Crippen LogP contribution in [-0.2, 0) is 0 Å². The summed E-state index contributed by atoms with van der Waals surface area (Å²) < 4.78 is 0. The fourth-order valence-electron chi connectivity index (χ4n) is 1.77. The van der Waals surface area contributed by atoms with Gasteiger partial charge in [0.1, 0.15) is 0 Å². The Labute approximate surface area is 130 Å². The number of nitro groups is 1. The molecule has 1 N–H and O–H groups in total. The number of carbonyl (C=O) groups is 1. The second-order valence-corrected chi connectivity index (χ2v) is 5.12. The molecular formula is C14H10Cl2N2O3. The second-order valence-electron chi connectivity index (χ2n) is 4.31. The van der Waals surface area contributed by atoms with Crippen LogP contribution in [0.15, 0.2) is 36.4 Å². The predicted molar refractivity (Wildman–Crippen MR) is 82.2 cm³/mol. The van der Waals surface area contributed by atoms with E-state index in [1.165, 1.54) is 12.1 Å². The van der Waals surface area contributed by atoms with Gasteiger partial charge in [0.15, 0.2) is 0 Å². The van der Waals surface area contributed by atoms with E-state index in [9.17, 15) is 14.9 Å². The van der Waals surface area contributed by atoms with Crippen LogP contribution in [0.4, 0.5) is 11.4 Å². The first-order valence-electron chi connectivity index (χ1n) is 5.90. The van der Waals surface area contributed by atoms with Crippen molar-refractivity contribution in [2.24, 2.45) is 0 Å². The third-order valence-corrected chi connectivity index (χ3v) is 3.50. The summed E-state index contributed by atoms with van der Waals surface area (Å²) in [5.41, 5.74) is 1.25. The number of hydrogen-bond acceptors (Lipinski definition) is 3. The van der Waals surface area contributed by atoms with Gasteiger partial charge in [-0.15, -0.1) is 0 Å². The molecule has 5 nitrogen and oxygen atoms in total. The first-order valence-corrected chi connectivity index (χ1v) is 6.66. The Hall–Kier alpha value is -2.11. The van der Waals surface area contributed by atoms with Crippen molar-refractivity contribution in [1.82, 2.24) is 0 Å². The number of non-ortho nitro benzene ring substituents is 1. The molecule has 0 aliphatic carbocycles. The molecule has 0 aliphatic rings. The lowest BCUT2D eigenvalue weighted by molar-refractivity contribution is -0.384. The molecule has 0 radical (unpaired) electrons. The summed E-state index contributed by atoms with van der Waals surface area (Å²) >= 11 is 11.9. The molecule has 2 rings (SSSR count). The van der Waals surface area contributed by atoms with Crippen molar-refractivity contribution in [2.45, 2.75) is 6.92 Å². The number of aryl methyl sites for hydroxylation is 1. The Balaban J connectivity index is 2.31. The lowest BCUT2D eigenvalue weighted by atomic mass is 10.1. The summed E-state index contributed by atoms with van der Waals surface area (Å²) in [6.45, 7) is 1.80. The summed E-state index contributed by atoms with van der Waals surface area (Å²) in [5, 5.41) is 13.7. The Kier molecular flexibility index (Phi) is 4.45. The normalized spacial score (nSPS) is 10.2. The van der Waals surface area contributed by atoms with E-state index in [4.69, 9.17) is 23.2 Å². The highest BCUT2D eigenvalue weighted by molar-refractivity contribution is 6.36. The molecular weight excluding hydrogens is 315 g/mol. The number of halogens is 2. The number of para-hydroxylation sites is 1. The van der Waals surface area contributed by atoms with Crippen LogP contribution in [0.2, 0.25) is 10.0 Å². The number of nitro benzene ring substituents is 1. The summed E-state index contributed by atoms with van der Waals surface area (Å²) in [6.07, 6.45) is 0. The van der Waals surface area contributed by atoms with Crippen LogP contribution in [0.5, 0.6) is 0 Å². The molecule has 0 heterocycles. The molecule has 21 heavy (non-hydrogen) atoms. The number of nitrogens with zero attached hydrogens (tertiary/aromatic N) is 1. The molecule has 1 amide bonds. The molecule has 2 aromatic rings. The molecule has 7 heteroatoms. The van der Waals surface area contributed by atoms with E-state index >= 15 is 0 Å². The predicted octanol–water partition coefficient (Wildman–Crippen LogP) is 4.46. The summed E-state index contributed by atoms with van der Waals surface area (Å²) in [6, 6.07) is 8.89. The average molecular weight is 325 g/mol. The number of rotatable bonds is 3. The SMILES string of the molecule is Cc1cccc(Cl)c1NC(=O)c1ccc([N+](=O)[O-])cc1Cl. The Morgan fingerprint density at radius 2 is 1.90 bits per heavy atom. The van der Waals surface area contributed by atoms with E-state index in [1.54, 1.807) is 25.1 Å². The molecule has 0 fully saturated rings. The Morgan fingerprint density at radius 3 is 2.48 bits per heavy atom. The number of nitrogens with one attached hydrogen (secondary N) is 1. The third-order valence-electron chi connectivity index (χ3n) is 2.87. The maximum atomic E-state index is 12.2. The summed E-state index contributed by atoms with van der Waals surface area (Å²) in [4.78, 5) is 22.3. The zero-order valence-corrected chi connectivity index (χ0v) is 12.4. The van der Waals surface area contributed by atoms with Crippen molar-refractivity contribution in [2.75, 3.05) is 5.32 Å². The Morgan fingerprint density at radius 1 is 1.19 bits per heavy atom. The van der Waals surface area contributed by atoms with Gasteiger partial charge >= 0.3 is 0 Å². The van der Waals surface area contributed by atoms with Crippen LogP contribution in [0.3, 0.4) is 0 Å². The van der Waals surface area contributed by atoms with Gasteiger partial charge in [-0.25, -0.2) is 0 Å². The van der Waals surface area contributed by atoms with Crippen LogP contribution in [0.25, 0.3) is 0 Å². The molecule has 0 saturated carbocycles. The first kappa shape index (κ1) is 15.3. The van der Waals surface area contributed by atoms with E-state index in [-0.39, 0.29) is 16.3 Å². The van der Waals surface area contributed by atoms with Crippen molar-refractivity contribution < 1.29 is 9.72 Å². The van der Waals surface area contributed by atoms with Gasteiger partial charge in [-0.2, -0.15) is 0 Å². The minimum Gasteiger partial charge on any atom is -0.320 e. The average Bonchev–Trinajstić information content (AvgIpc) is 2.42. The van der Waals surface area contributed by atoms with Gasteiger partial charge in [-0.3, -0.25) is 14.9 Å². The van der Waals surface area contributed by atoms with Gasteiger partial charge in [-0.1, -0.05) is 35.3 Å². The monoisotopic (exact) mass is 324 g/mol. The molecule has 0 bridgehead atoms. The number of benzene rings is 2. The van der Waals surface area contributed by atoms with Gasteiger partial charge < -0.3 is 5.32 Å². The number of hydrogen-bond donors (Lipinski definition) is 1. The van der Waals surface area contributed by atoms with Gasteiger partial charge in [0.25, 0.3) is 11.6 Å². The number of carbonyl (C=O) groups excluding carboxylic acids is 1. The second kappa shape index (κ2) is 6.11. The van der Waals surface area contributed by atoms with Crippen molar-refractivity contribution in [3.63, 3.8) is 0 Å². The number of amides is 1. The zero-order chi connectivity index (χ0) is 15.6. The molecule has 2 aromatic carbocycles. The topological polar surface area (TPSA) is 72.2 Å². The minimum absolute atomic E-state index is 0.00593. The Bertz CT molecular complexity index is 712. The minimum atomic E-state index is -0.578. The van der Waals surface area contributed by atoms with Crippen LogP contribution < -0.4 is 5.32 Å². The smallest absolute Gasteiger partial charge is 0.270 e. The van der Waals surface area contributed by atoms with Gasteiger partial charge in [0.05, 0.1) is 26.2 Å². The van der Waals surface area contributed by atoms with Crippen molar-refractivity contribution in [3.8, 4) is 0 Å². The highest BCUT2D eigenvalue weighted by atomic mass is 35.5. The van der Waals surface area contributed by atoms with Crippen molar-refractivity contribution in [3.05, 3.63) is 67.7 Å². The van der Waals surface area contributed by atoms with Crippen LogP contribution in [0.1, 0.15) is 15.9 Å². The lowest BCUT2D eigenvalue weighted by Gasteiger charge is -2.11. The zero-order valence-electron chi connectivity index (χ0n) is 10.9. The standard InChI is InChI=1S/C14H10Cl2N2O3/c1-8-3-2-4-11(15)13(8)17-14(19)10-6-5-9(18(20)21)7-12(10)16/h2-7H,1H3,(H,17,19).